The molecule has 0 radical (unpaired) electrons. The van der Waals surface area contributed by atoms with Gasteiger partial charge in [0, 0.05) is 25.4 Å². The summed E-state index contributed by atoms with van der Waals surface area (Å²) in [5.41, 5.74) is 0.884. The average Bonchev–Trinajstić information content (AvgIpc) is 2.64. The molecule has 1 unspecified atom stereocenters. The predicted molar refractivity (Wildman–Crippen MR) is 67.3 cm³/mol. The van der Waals surface area contributed by atoms with Gasteiger partial charge in [0.25, 0.3) is 0 Å². The maximum atomic E-state index is 11.8. The first-order valence-electron chi connectivity index (χ1n) is 6.06. The first-order valence-corrected chi connectivity index (χ1v) is 6.06. The van der Waals surface area contributed by atoms with Crippen LogP contribution in [0.15, 0.2) is 18.5 Å². The standard InChI is InChI=1S/C13H22N2O/c1-4-5-6-7-11(2)13(16)14-12-8-9-15(3)10-12/h8-11H,4-7H2,1-3H3,(H,14,16). The molecule has 90 valence electrons. The zero-order valence-electron chi connectivity index (χ0n) is 10.5. The number of amides is 1. The van der Waals surface area contributed by atoms with Crippen molar-refractivity contribution < 1.29 is 4.79 Å². The fourth-order valence-corrected chi connectivity index (χ4v) is 1.67. The number of nitrogens with zero attached hydrogens (tertiary/aromatic N) is 1. The van der Waals surface area contributed by atoms with Crippen LogP contribution in [0.2, 0.25) is 0 Å². The highest BCUT2D eigenvalue weighted by molar-refractivity contribution is 5.92. The van der Waals surface area contributed by atoms with E-state index >= 15 is 0 Å². The van der Waals surface area contributed by atoms with E-state index in [4.69, 9.17) is 0 Å². The average molecular weight is 222 g/mol. The van der Waals surface area contributed by atoms with Crippen LogP contribution >= 0.6 is 0 Å². The minimum atomic E-state index is 0.103. The monoisotopic (exact) mass is 222 g/mol. The molecule has 0 saturated heterocycles. The van der Waals surface area contributed by atoms with Gasteiger partial charge in [-0.15, -0.1) is 0 Å². The lowest BCUT2D eigenvalue weighted by Gasteiger charge is -2.10. The van der Waals surface area contributed by atoms with E-state index in [0.717, 1.165) is 18.5 Å². The molecular formula is C13H22N2O. The fourth-order valence-electron chi connectivity index (χ4n) is 1.67. The van der Waals surface area contributed by atoms with Crippen molar-refractivity contribution >= 4 is 11.6 Å². The molecule has 3 nitrogen and oxygen atoms in total. The number of nitrogens with one attached hydrogen (secondary N) is 1. The smallest absolute Gasteiger partial charge is 0.227 e. The number of rotatable bonds is 6. The lowest BCUT2D eigenvalue weighted by molar-refractivity contribution is -0.119. The molecule has 3 heteroatoms. The molecule has 1 aromatic rings. The summed E-state index contributed by atoms with van der Waals surface area (Å²) in [5, 5.41) is 2.93. The number of aromatic nitrogens is 1. The minimum Gasteiger partial charge on any atom is -0.355 e. The normalized spacial score (nSPS) is 12.4. The summed E-state index contributed by atoms with van der Waals surface area (Å²) in [4.78, 5) is 11.8. The molecule has 0 aliphatic rings. The van der Waals surface area contributed by atoms with Crippen LogP contribution in [-0.4, -0.2) is 10.5 Å². The van der Waals surface area contributed by atoms with Gasteiger partial charge in [0.1, 0.15) is 0 Å². The van der Waals surface area contributed by atoms with Crippen molar-refractivity contribution in [3.8, 4) is 0 Å². The van der Waals surface area contributed by atoms with E-state index in [2.05, 4.69) is 12.2 Å². The Morgan fingerprint density at radius 1 is 1.50 bits per heavy atom. The Morgan fingerprint density at radius 3 is 2.81 bits per heavy atom. The fraction of sp³-hybridized carbons (Fsp3) is 0.615. The summed E-state index contributed by atoms with van der Waals surface area (Å²) in [6.45, 7) is 4.17. The van der Waals surface area contributed by atoms with E-state index in [0.29, 0.717) is 0 Å². The second-order valence-electron chi connectivity index (χ2n) is 4.45. The van der Waals surface area contributed by atoms with Gasteiger partial charge in [0.2, 0.25) is 5.91 Å². The number of hydrogen-bond acceptors (Lipinski definition) is 1. The highest BCUT2D eigenvalue weighted by Crippen LogP contribution is 2.13. The molecule has 1 atom stereocenters. The maximum Gasteiger partial charge on any atom is 0.227 e. The van der Waals surface area contributed by atoms with Crippen molar-refractivity contribution in [1.29, 1.82) is 0 Å². The first kappa shape index (κ1) is 12.8. The number of anilines is 1. The third-order valence-electron chi connectivity index (χ3n) is 2.79. The van der Waals surface area contributed by atoms with E-state index in [1.54, 1.807) is 0 Å². The molecule has 1 heterocycles. The SMILES string of the molecule is CCCCCC(C)C(=O)Nc1ccn(C)c1. The van der Waals surface area contributed by atoms with Crippen LogP contribution in [0, 0.1) is 5.92 Å². The van der Waals surface area contributed by atoms with Crippen molar-refractivity contribution in [2.75, 3.05) is 5.32 Å². The van der Waals surface area contributed by atoms with Gasteiger partial charge in [-0.1, -0.05) is 33.1 Å². The van der Waals surface area contributed by atoms with E-state index in [1.807, 2.05) is 37.0 Å². The van der Waals surface area contributed by atoms with Crippen LogP contribution < -0.4 is 5.32 Å². The van der Waals surface area contributed by atoms with Crippen molar-refractivity contribution in [3.05, 3.63) is 18.5 Å². The summed E-state index contributed by atoms with van der Waals surface area (Å²) in [6, 6.07) is 1.91. The van der Waals surface area contributed by atoms with Gasteiger partial charge in [0.15, 0.2) is 0 Å². The summed E-state index contributed by atoms with van der Waals surface area (Å²) >= 11 is 0. The zero-order valence-corrected chi connectivity index (χ0v) is 10.5. The molecule has 0 aliphatic carbocycles. The van der Waals surface area contributed by atoms with E-state index in [-0.39, 0.29) is 11.8 Å². The van der Waals surface area contributed by atoms with Crippen molar-refractivity contribution in [1.82, 2.24) is 4.57 Å². The minimum absolute atomic E-state index is 0.103. The molecule has 0 spiro atoms. The molecule has 16 heavy (non-hydrogen) atoms. The van der Waals surface area contributed by atoms with Gasteiger partial charge in [-0.3, -0.25) is 4.79 Å². The van der Waals surface area contributed by atoms with Crippen molar-refractivity contribution in [3.63, 3.8) is 0 Å². The second-order valence-corrected chi connectivity index (χ2v) is 4.45. The van der Waals surface area contributed by atoms with E-state index in [9.17, 15) is 4.79 Å². The predicted octanol–water partition coefficient (Wildman–Crippen LogP) is 3.18. The molecule has 0 fully saturated rings. The van der Waals surface area contributed by atoms with Gasteiger partial charge >= 0.3 is 0 Å². The van der Waals surface area contributed by atoms with Gasteiger partial charge in [-0.05, 0) is 12.5 Å². The quantitative estimate of drug-likeness (QED) is 0.737. The lowest BCUT2D eigenvalue weighted by atomic mass is 10.0. The van der Waals surface area contributed by atoms with Crippen LogP contribution in [0.25, 0.3) is 0 Å². The molecule has 1 amide bonds. The Hall–Kier alpha value is -1.25. The molecule has 1 aromatic heterocycles. The molecule has 0 aliphatic heterocycles. The Morgan fingerprint density at radius 2 is 2.25 bits per heavy atom. The van der Waals surface area contributed by atoms with Crippen molar-refractivity contribution in [2.45, 2.75) is 39.5 Å². The van der Waals surface area contributed by atoms with Crippen LogP contribution in [0.5, 0.6) is 0 Å². The Balaban J connectivity index is 2.34. The second kappa shape index (κ2) is 6.36. The van der Waals surface area contributed by atoms with Gasteiger partial charge in [-0.2, -0.15) is 0 Å². The van der Waals surface area contributed by atoms with Crippen molar-refractivity contribution in [2.24, 2.45) is 13.0 Å². The Labute approximate surface area is 97.8 Å². The molecular weight excluding hydrogens is 200 g/mol. The molecule has 0 aromatic carbocycles. The first-order chi connectivity index (χ1) is 7.63. The maximum absolute atomic E-state index is 11.8. The van der Waals surface area contributed by atoms with Gasteiger partial charge in [-0.25, -0.2) is 0 Å². The van der Waals surface area contributed by atoms with E-state index < -0.39 is 0 Å². The summed E-state index contributed by atoms with van der Waals surface area (Å²) in [7, 11) is 1.94. The number of hydrogen-bond donors (Lipinski definition) is 1. The number of carbonyl (C=O) groups is 1. The molecule has 0 saturated carbocycles. The highest BCUT2D eigenvalue weighted by Gasteiger charge is 2.12. The van der Waals surface area contributed by atoms with Crippen LogP contribution in [-0.2, 0) is 11.8 Å². The third kappa shape index (κ3) is 4.09. The number of carbonyl (C=O) groups excluding carboxylic acids is 1. The zero-order chi connectivity index (χ0) is 12.0. The Bertz CT molecular complexity index is 330. The largest absolute Gasteiger partial charge is 0.355 e. The number of aryl methyl sites for hydroxylation is 1. The topological polar surface area (TPSA) is 34.0 Å². The van der Waals surface area contributed by atoms with Crippen LogP contribution in [0.4, 0.5) is 5.69 Å². The Kier molecular flexibility index (Phi) is 5.09. The highest BCUT2D eigenvalue weighted by atomic mass is 16.1. The summed E-state index contributed by atoms with van der Waals surface area (Å²) in [6.07, 6.45) is 8.37. The lowest BCUT2D eigenvalue weighted by Crippen LogP contribution is -2.20. The number of unbranched alkanes of at least 4 members (excludes halogenated alkanes) is 2. The molecule has 0 bridgehead atoms. The van der Waals surface area contributed by atoms with Crippen LogP contribution in [0.1, 0.15) is 39.5 Å². The molecule has 1 rings (SSSR count). The van der Waals surface area contributed by atoms with Crippen LogP contribution in [0.3, 0.4) is 0 Å². The van der Waals surface area contributed by atoms with Gasteiger partial charge < -0.3 is 9.88 Å². The summed E-state index contributed by atoms with van der Waals surface area (Å²) in [5.74, 6) is 0.231. The summed E-state index contributed by atoms with van der Waals surface area (Å²) < 4.78 is 1.93. The third-order valence-corrected chi connectivity index (χ3v) is 2.79. The van der Waals surface area contributed by atoms with Gasteiger partial charge in [0.05, 0.1) is 5.69 Å². The van der Waals surface area contributed by atoms with E-state index in [1.165, 1.54) is 12.8 Å². The molecule has 1 N–H and O–H groups in total.